The van der Waals surface area contributed by atoms with E-state index >= 15 is 0 Å². The van der Waals surface area contributed by atoms with Crippen molar-refractivity contribution in [2.45, 2.75) is 0 Å². The Balaban J connectivity index is 2.17. The molecular formula is C12H15N5O. The van der Waals surface area contributed by atoms with Crippen molar-refractivity contribution in [3.63, 3.8) is 0 Å². The maximum Gasteiger partial charge on any atom is 0.138 e. The molecule has 0 amide bonds. The van der Waals surface area contributed by atoms with Crippen LogP contribution in [0.1, 0.15) is 0 Å². The van der Waals surface area contributed by atoms with E-state index in [1.54, 1.807) is 12.4 Å². The van der Waals surface area contributed by atoms with Gasteiger partial charge in [-0.1, -0.05) is 0 Å². The molecule has 2 aromatic rings. The zero-order valence-corrected chi connectivity index (χ0v) is 10.1. The molecule has 0 aliphatic heterocycles. The molecule has 0 aliphatic carbocycles. The van der Waals surface area contributed by atoms with E-state index in [1.807, 2.05) is 30.1 Å². The van der Waals surface area contributed by atoms with Gasteiger partial charge in [0.05, 0.1) is 6.61 Å². The summed E-state index contributed by atoms with van der Waals surface area (Å²) in [5.74, 6) is 1.46. The average molecular weight is 245 g/mol. The summed E-state index contributed by atoms with van der Waals surface area (Å²) in [6.45, 7) is 0.537. The van der Waals surface area contributed by atoms with E-state index in [4.69, 9.17) is 5.11 Å². The summed E-state index contributed by atoms with van der Waals surface area (Å²) >= 11 is 0. The van der Waals surface area contributed by atoms with E-state index in [-0.39, 0.29) is 6.61 Å². The van der Waals surface area contributed by atoms with Gasteiger partial charge in [0, 0.05) is 37.7 Å². The molecule has 0 spiro atoms. The number of hydrogen-bond donors (Lipinski definition) is 2. The predicted molar refractivity (Wildman–Crippen MR) is 69.9 cm³/mol. The molecule has 18 heavy (non-hydrogen) atoms. The molecule has 0 radical (unpaired) electrons. The largest absolute Gasteiger partial charge is 0.395 e. The lowest BCUT2D eigenvalue weighted by Crippen LogP contribution is -2.13. The van der Waals surface area contributed by atoms with Crippen molar-refractivity contribution >= 4 is 17.3 Å². The second kappa shape index (κ2) is 5.92. The van der Waals surface area contributed by atoms with Gasteiger partial charge in [-0.2, -0.15) is 0 Å². The molecule has 2 aromatic heterocycles. The summed E-state index contributed by atoms with van der Waals surface area (Å²) in [5, 5.41) is 11.8. The van der Waals surface area contributed by atoms with Crippen molar-refractivity contribution in [3.05, 3.63) is 36.9 Å². The first-order chi connectivity index (χ1) is 8.81. The van der Waals surface area contributed by atoms with Gasteiger partial charge in [-0.05, 0) is 12.1 Å². The van der Waals surface area contributed by atoms with Crippen LogP contribution >= 0.6 is 0 Å². The molecule has 2 N–H and O–H groups in total. The monoisotopic (exact) mass is 245 g/mol. The van der Waals surface area contributed by atoms with Crippen molar-refractivity contribution in [1.82, 2.24) is 15.0 Å². The number of anilines is 3. The summed E-state index contributed by atoms with van der Waals surface area (Å²) < 4.78 is 0. The number of aliphatic hydroxyl groups is 1. The second-order valence-corrected chi connectivity index (χ2v) is 3.68. The first kappa shape index (κ1) is 12.3. The Hall–Kier alpha value is -2.21. The highest BCUT2D eigenvalue weighted by Gasteiger charge is 2.06. The molecule has 0 saturated carbocycles. The number of nitrogens with one attached hydrogen (secondary N) is 1. The molecule has 0 bridgehead atoms. The van der Waals surface area contributed by atoms with E-state index in [1.165, 1.54) is 6.33 Å². The molecule has 2 rings (SSSR count). The molecule has 6 nitrogen and oxygen atoms in total. The second-order valence-electron chi connectivity index (χ2n) is 3.68. The normalized spacial score (nSPS) is 10.1. The fourth-order valence-electron chi connectivity index (χ4n) is 1.51. The minimum Gasteiger partial charge on any atom is -0.395 e. The lowest BCUT2D eigenvalue weighted by molar-refractivity contribution is 0.311. The van der Waals surface area contributed by atoms with Crippen molar-refractivity contribution in [2.75, 3.05) is 30.4 Å². The Morgan fingerprint density at radius 1 is 1.28 bits per heavy atom. The minimum atomic E-state index is 0.0690. The van der Waals surface area contributed by atoms with Crippen LogP contribution in [0.3, 0.4) is 0 Å². The third-order valence-electron chi connectivity index (χ3n) is 2.46. The van der Waals surface area contributed by atoms with E-state index < -0.39 is 0 Å². The number of nitrogens with zero attached hydrogens (tertiary/aromatic N) is 4. The molecule has 0 saturated heterocycles. The van der Waals surface area contributed by atoms with Gasteiger partial charge in [-0.15, -0.1) is 0 Å². The predicted octanol–water partition coefficient (Wildman–Crippen LogP) is 1.04. The van der Waals surface area contributed by atoms with Gasteiger partial charge in [0.25, 0.3) is 0 Å². The first-order valence-electron chi connectivity index (χ1n) is 5.62. The Morgan fingerprint density at radius 3 is 2.78 bits per heavy atom. The van der Waals surface area contributed by atoms with Gasteiger partial charge >= 0.3 is 0 Å². The third-order valence-corrected chi connectivity index (χ3v) is 2.46. The van der Waals surface area contributed by atoms with Gasteiger partial charge < -0.3 is 15.3 Å². The highest BCUT2D eigenvalue weighted by molar-refractivity contribution is 5.60. The zero-order chi connectivity index (χ0) is 12.8. The highest BCUT2D eigenvalue weighted by Crippen LogP contribution is 2.21. The molecule has 0 aliphatic rings. The van der Waals surface area contributed by atoms with Gasteiger partial charge in [-0.3, -0.25) is 4.98 Å². The van der Waals surface area contributed by atoms with Gasteiger partial charge in [-0.25, -0.2) is 9.97 Å². The molecule has 6 heteroatoms. The number of aliphatic hydroxyl groups excluding tert-OH is 1. The van der Waals surface area contributed by atoms with Crippen LogP contribution in [-0.4, -0.2) is 40.3 Å². The van der Waals surface area contributed by atoms with Crippen LogP contribution in [0, 0.1) is 0 Å². The van der Waals surface area contributed by atoms with E-state index in [0.29, 0.717) is 12.4 Å². The Bertz CT molecular complexity index is 491. The van der Waals surface area contributed by atoms with Crippen LogP contribution in [0.5, 0.6) is 0 Å². The minimum absolute atomic E-state index is 0.0690. The topological polar surface area (TPSA) is 74.2 Å². The number of hydrogen-bond acceptors (Lipinski definition) is 6. The molecular weight excluding hydrogens is 230 g/mol. The van der Waals surface area contributed by atoms with Crippen molar-refractivity contribution < 1.29 is 5.11 Å². The summed E-state index contributed by atoms with van der Waals surface area (Å²) in [4.78, 5) is 14.2. The van der Waals surface area contributed by atoms with Gasteiger partial charge in [0.2, 0.25) is 0 Å². The quantitative estimate of drug-likeness (QED) is 0.820. The molecule has 0 unspecified atom stereocenters. The lowest BCUT2D eigenvalue weighted by Gasteiger charge is -2.18. The number of pyridine rings is 1. The van der Waals surface area contributed by atoms with Crippen LogP contribution in [0.2, 0.25) is 0 Å². The maximum absolute atomic E-state index is 8.76. The number of aromatic nitrogens is 3. The molecule has 2 heterocycles. The molecule has 0 aromatic carbocycles. The van der Waals surface area contributed by atoms with E-state index in [0.717, 1.165) is 11.5 Å². The van der Waals surface area contributed by atoms with Gasteiger partial charge in [0.15, 0.2) is 0 Å². The van der Waals surface area contributed by atoms with Crippen molar-refractivity contribution in [3.8, 4) is 0 Å². The zero-order valence-electron chi connectivity index (χ0n) is 10.1. The third kappa shape index (κ3) is 2.92. The summed E-state index contributed by atoms with van der Waals surface area (Å²) in [7, 11) is 1.92. The fourth-order valence-corrected chi connectivity index (χ4v) is 1.51. The van der Waals surface area contributed by atoms with Crippen LogP contribution in [0.15, 0.2) is 36.9 Å². The standard InChI is InChI=1S/C12H15N5O/c1-17(10-2-4-13-5-3-10)12-8-11(14-6-7-18)15-9-16-12/h2-5,8-9,18H,6-7H2,1H3,(H,14,15,16). The summed E-state index contributed by atoms with van der Waals surface area (Å²) in [5.41, 5.74) is 0.997. The van der Waals surface area contributed by atoms with Crippen LogP contribution in [-0.2, 0) is 0 Å². The van der Waals surface area contributed by atoms with Crippen LogP contribution in [0.4, 0.5) is 17.3 Å². The summed E-state index contributed by atoms with van der Waals surface area (Å²) in [6.07, 6.45) is 4.96. The average Bonchev–Trinajstić information content (AvgIpc) is 2.45. The maximum atomic E-state index is 8.76. The lowest BCUT2D eigenvalue weighted by atomic mass is 10.3. The highest BCUT2D eigenvalue weighted by atomic mass is 16.3. The molecule has 0 atom stereocenters. The van der Waals surface area contributed by atoms with Crippen molar-refractivity contribution in [1.29, 1.82) is 0 Å². The SMILES string of the molecule is CN(c1ccncc1)c1cc(NCCO)ncn1. The Morgan fingerprint density at radius 2 is 2.06 bits per heavy atom. The molecule has 0 fully saturated rings. The fraction of sp³-hybridized carbons (Fsp3) is 0.250. The Kier molecular flexibility index (Phi) is 4.03. The van der Waals surface area contributed by atoms with E-state index in [2.05, 4.69) is 20.3 Å². The van der Waals surface area contributed by atoms with E-state index in [9.17, 15) is 0 Å². The smallest absolute Gasteiger partial charge is 0.138 e. The van der Waals surface area contributed by atoms with Crippen LogP contribution in [0.25, 0.3) is 0 Å². The first-order valence-corrected chi connectivity index (χ1v) is 5.62. The molecule has 94 valence electrons. The van der Waals surface area contributed by atoms with Crippen LogP contribution < -0.4 is 10.2 Å². The van der Waals surface area contributed by atoms with Crippen molar-refractivity contribution in [2.24, 2.45) is 0 Å². The van der Waals surface area contributed by atoms with Gasteiger partial charge in [0.1, 0.15) is 18.0 Å². The number of rotatable bonds is 5. The summed E-state index contributed by atoms with van der Waals surface area (Å²) in [6, 6.07) is 5.64. The Labute approximate surface area is 105 Å².